The summed E-state index contributed by atoms with van der Waals surface area (Å²) in [7, 11) is 0. The molecule has 0 aliphatic carbocycles. The number of carbonyl (C=O) groups is 1. The van der Waals surface area contributed by atoms with E-state index in [9.17, 15) is 4.79 Å². The molecule has 0 bridgehead atoms. The van der Waals surface area contributed by atoms with Crippen LogP contribution in [0, 0.1) is 5.92 Å². The van der Waals surface area contributed by atoms with E-state index in [2.05, 4.69) is 4.98 Å². The second kappa shape index (κ2) is 4.14. The van der Waals surface area contributed by atoms with E-state index >= 15 is 0 Å². The molecule has 2 rings (SSSR count). The first-order valence-corrected chi connectivity index (χ1v) is 5.41. The van der Waals surface area contributed by atoms with Crippen molar-refractivity contribution >= 4 is 5.78 Å². The van der Waals surface area contributed by atoms with Gasteiger partial charge < -0.3 is 9.30 Å². The lowest BCUT2D eigenvalue weighted by Crippen LogP contribution is -2.24. The number of aromatic nitrogens is 2. The van der Waals surface area contributed by atoms with Crippen molar-refractivity contribution in [3.63, 3.8) is 0 Å². The molecule has 2 atom stereocenters. The lowest BCUT2D eigenvalue weighted by Gasteiger charge is -2.12. The first kappa shape index (κ1) is 10.4. The number of ketones is 1. The smallest absolute Gasteiger partial charge is 0.203 e. The zero-order chi connectivity index (χ0) is 10.8. The van der Waals surface area contributed by atoms with Crippen molar-refractivity contribution in [2.24, 2.45) is 5.92 Å². The minimum Gasteiger partial charge on any atom is -0.378 e. The fourth-order valence-corrected chi connectivity index (χ4v) is 2.03. The minimum atomic E-state index is -0.0160. The fourth-order valence-electron chi connectivity index (χ4n) is 2.03. The standard InChI is InChI=1S/C11H16N2O2/c1-3-13-6-5-12-11(13)10(14)9-4-7-15-8(9)2/h5-6,8-9H,3-4,7H2,1-2H3. The first-order valence-electron chi connectivity index (χ1n) is 5.41. The highest BCUT2D eigenvalue weighted by Gasteiger charge is 2.33. The molecule has 0 aromatic carbocycles. The lowest BCUT2D eigenvalue weighted by molar-refractivity contribution is 0.0751. The quantitative estimate of drug-likeness (QED) is 0.707. The highest BCUT2D eigenvalue weighted by atomic mass is 16.5. The van der Waals surface area contributed by atoms with Crippen molar-refractivity contribution < 1.29 is 9.53 Å². The van der Waals surface area contributed by atoms with Gasteiger partial charge in [0.05, 0.1) is 12.0 Å². The first-order chi connectivity index (χ1) is 7.24. The molecule has 0 radical (unpaired) electrons. The van der Waals surface area contributed by atoms with Crippen LogP contribution < -0.4 is 0 Å². The summed E-state index contributed by atoms with van der Waals surface area (Å²) in [5.74, 6) is 0.671. The van der Waals surface area contributed by atoms with Crippen molar-refractivity contribution in [2.75, 3.05) is 6.61 Å². The molecule has 2 unspecified atom stereocenters. The Kier molecular flexibility index (Phi) is 2.86. The van der Waals surface area contributed by atoms with Gasteiger partial charge in [-0.1, -0.05) is 0 Å². The molecule has 15 heavy (non-hydrogen) atoms. The largest absolute Gasteiger partial charge is 0.378 e. The summed E-state index contributed by atoms with van der Waals surface area (Å²) < 4.78 is 7.28. The van der Waals surface area contributed by atoms with Gasteiger partial charge in [-0.2, -0.15) is 0 Å². The average molecular weight is 208 g/mol. The summed E-state index contributed by atoms with van der Waals surface area (Å²) in [5.41, 5.74) is 0. The molecule has 4 nitrogen and oxygen atoms in total. The van der Waals surface area contributed by atoms with Crippen LogP contribution in [0.5, 0.6) is 0 Å². The van der Waals surface area contributed by atoms with E-state index in [4.69, 9.17) is 4.74 Å². The van der Waals surface area contributed by atoms with Crippen molar-refractivity contribution in [2.45, 2.75) is 32.9 Å². The van der Waals surface area contributed by atoms with Crippen LogP contribution >= 0.6 is 0 Å². The Hall–Kier alpha value is -1.16. The Morgan fingerprint density at radius 2 is 2.53 bits per heavy atom. The predicted octanol–water partition coefficient (Wildman–Crippen LogP) is 1.51. The Labute approximate surface area is 89.3 Å². The Morgan fingerprint density at radius 3 is 3.13 bits per heavy atom. The normalized spacial score (nSPS) is 25.7. The van der Waals surface area contributed by atoms with Gasteiger partial charge in [0, 0.05) is 25.5 Å². The highest BCUT2D eigenvalue weighted by Crippen LogP contribution is 2.23. The maximum absolute atomic E-state index is 12.1. The van der Waals surface area contributed by atoms with Gasteiger partial charge in [-0.15, -0.1) is 0 Å². The zero-order valence-electron chi connectivity index (χ0n) is 9.14. The number of imidazole rings is 1. The third-order valence-electron chi connectivity index (χ3n) is 2.99. The van der Waals surface area contributed by atoms with Gasteiger partial charge in [-0.3, -0.25) is 4.79 Å². The minimum absolute atomic E-state index is 0.0160. The van der Waals surface area contributed by atoms with Crippen LogP contribution in [0.15, 0.2) is 12.4 Å². The number of ether oxygens (including phenoxy) is 1. The molecule has 1 aromatic rings. The molecular weight excluding hydrogens is 192 g/mol. The van der Waals surface area contributed by atoms with Crippen molar-refractivity contribution in [3.05, 3.63) is 18.2 Å². The number of nitrogens with zero attached hydrogens (tertiary/aromatic N) is 2. The molecular formula is C11H16N2O2. The Bertz CT molecular complexity index is 359. The van der Waals surface area contributed by atoms with Crippen molar-refractivity contribution in [1.82, 2.24) is 9.55 Å². The van der Waals surface area contributed by atoms with Crippen LogP contribution in [0.2, 0.25) is 0 Å². The van der Waals surface area contributed by atoms with Gasteiger partial charge in [0.15, 0.2) is 5.82 Å². The van der Waals surface area contributed by atoms with E-state index in [0.717, 1.165) is 13.0 Å². The molecule has 82 valence electrons. The zero-order valence-corrected chi connectivity index (χ0v) is 9.14. The summed E-state index contributed by atoms with van der Waals surface area (Å²) >= 11 is 0. The molecule has 0 saturated carbocycles. The van der Waals surface area contributed by atoms with Crippen LogP contribution in [-0.2, 0) is 11.3 Å². The third kappa shape index (κ3) is 1.81. The fraction of sp³-hybridized carbons (Fsp3) is 0.636. The number of aryl methyl sites for hydroxylation is 1. The average Bonchev–Trinajstić information content (AvgIpc) is 2.84. The number of rotatable bonds is 3. The van der Waals surface area contributed by atoms with E-state index in [0.29, 0.717) is 12.4 Å². The maximum Gasteiger partial charge on any atom is 0.203 e. The van der Waals surface area contributed by atoms with Crippen LogP contribution in [-0.4, -0.2) is 28.0 Å². The van der Waals surface area contributed by atoms with E-state index < -0.39 is 0 Å². The van der Waals surface area contributed by atoms with E-state index in [1.54, 1.807) is 6.20 Å². The van der Waals surface area contributed by atoms with Crippen LogP contribution in [0.25, 0.3) is 0 Å². The van der Waals surface area contributed by atoms with E-state index in [-0.39, 0.29) is 17.8 Å². The third-order valence-corrected chi connectivity index (χ3v) is 2.99. The molecule has 0 amide bonds. The molecule has 2 heterocycles. The second-order valence-corrected chi connectivity index (χ2v) is 3.87. The molecule has 4 heteroatoms. The number of hydrogen-bond donors (Lipinski definition) is 0. The Morgan fingerprint density at radius 1 is 1.73 bits per heavy atom. The number of hydrogen-bond acceptors (Lipinski definition) is 3. The monoisotopic (exact) mass is 208 g/mol. The summed E-state index contributed by atoms with van der Waals surface area (Å²) in [5, 5.41) is 0. The number of Topliss-reactive ketones (excluding diaryl/α,β-unsaturated/α-hetero) is 1. The summed E-state index contributed by atoms with van der Waals surface area (Å²) in [6.45, 7) is 5.43. The van der Waals surface area contributed by atoms with Gasteiger partial charge in [0.2, 0.25) is 5.78 Å². The summed E-state index contributed by atoms with van der Waals surface area (Å²) in [6.07, 6.45) is 4.36. The topological polar surface area (TPSA) is 44.1 Å². The van der Waals surface area contributed by atoms with Crippen LogP contribution in [0.4, 0.5) is 0 Å². The molecule has 1 aliphatic rings. The number of carbonyl (C=O) groups excluding carboxylic acids is 1. The van der Waals surface area contributed by atoms with Crippen molar-refractivity contribution in [1.29, 1.82) is 0 Å². The molecule has 1 aromatic heterocycles. The van der Waals surface area contributed by atoms with Gasteiger partial charge >= 0.3 is 0 Å². The maximum atomic E-state index is 12.1. The molecule has 0 N–H and O–H groups in total. The second-order valence-electron chi connectivity index (χ2n) is 3.87. The molecule has 1 aliphatic heterocycles. The lowest BCUT2D eigenvalue weighted by atomic mass is 9.97. The van der Waals surface area contributed by atoms with Crippen molar-refractivity contribution in [3.8, 4) is 0 Å². The van der Waals surface area contributed by atoms with Gasteiger partial charge in [0.1, 0.15) is 0 Å². The highest BCUT2D eigenvalue weighted by molar-refractivity contribution is 5.95. The van der Waals surface area contributed by atoms with Gasteiger partial charge in [0.25, 0.3) is 0 Å². The van der Waals surface area contributed by atoms with E-state index in [1.807, 2.05) is 24.6 Å². The van der Waals surface area contributed by atoms with Crippen LogP contribution in [0.1, 0.15) is 30.9 Å². The molecule has 1 saturated heterocycles. The van der Waals surface area contributed by atoms with Crippen LogP contribution in [0.3, 0.4) is 0 Å². The molecule has 0 spiro atoms. The SMILES string of the molecule is CCn1ccnc1C(=O)C1CCOC1C. The Balaban J connectivity index is 2.20. The summed E-state index contributed by atoms with van der Waals surface area (Å²) in [4.78, 5) is 16.3. The molecule has 1 fully saturated rings. The predicted molar refractivity (Wildman–Crippen MR) is 55.8 cm³/mol. The van der Waals surface area contributed by atoms with E-state index in [1.165, 1.54) is 0 Å². The summed E-state index contributed by atoms with van der Waals surface area (Å²) in [6, 6.07) is 0. The van der Waals surface area contributed by atoms with Gasteiger partial charge in [-0.25, -0.2) is 4.98 Å². The van der Waals surface area contributed by atoms with Gasteiger partial charge in [-0.05, 0) is 20.3 Å².